The average molecular weight is 325 g/mol. The number of benzene rings is 1. The first-order valence-electron chi connectivity index (χ1n) is 8.05. The average Bonchev–Trinajstić information content (AvgIpc) is 2.81. The molecule has 24 heavy (non-hydrogen) atoms. The highest BCUT2D eigenvalue weighted by molar-refractivity contribution is 5.98. The maximum absolute atomic E-state index is 12.3. The number of fused-ring (bicyclic) bond motifs is 1. The van der Waals surface area contributed by atoms with Crippen molar-refractivity contribution in [3.8, 4) is 0 Å². The molecule has 2 atom stereocenters. The summed E-state index contributed by atoms with van der Waals surface area (Å²) in [5.41, 5.74) is 1.43. The first-order chi connectivity index (χ1) is 11.3. The summed E-state index contributed by atoms with van der Waals surface area (Å²) in [6.07, 6.45) is 5.97. The lowest BCUT2D eigenvalue weighted by molar-refractivity contribution is -0.131. The summed E-state index contributed by atoms with van der Waals surface area (Å²) < 4.78 is 0. The van der Waals surface area contributed by atoms with E-state index in [1.54, 1.807) is 19.0 Å². The van der Waals surface area contributed by atoms with Gasteiger partial charge in [0.05, 0.1) is 12.5 Å². The topological polar surface area (TPSA) is 56.1 Å². The Bertz CT molecular complexity index is 746. The summed E-state index contributed by atoms with van der Waals surface area (Å²) in [4.78, 5) is 20.4. The molecule has 0 spiro atoms. The van der Waals surface area contributed by atoms with Gasteiger partial charge in [0.15, 0.2) is 0 Å². The van der Waals surface area contributed by atoms with Gasteiger partial charge in [0.1, 0.15) is 5.84 Å². The second-order valence-electron chi connectivity index (χ2n) is 6.68. The Morgan fingerprint density at radius 1 is 1.25 bits per heavy atom. The molecule has 2 heterocycles. The number of rotatable bonds is 3. The van der Waals surface area contributed by atoms with Gasteiger partial charge in [-0.1, -0.05) is 35.9 Å². The van der Waals surface area contributed by atoms with Gasteiger partial charge in [0.25, 0.3) is 0 Å². The monoisotopic (exact) mass is 325 g/mol. The van der Waals surface area contributed by atoms with Crippen LogP contribution in [0.25, 0.3) is 0 Å². The van der Waals surface area contributed by atoms with Gasteiger partial charge >= 0.3 is 0 Å². The van der Waals surface area contributed by atoms with Crippen LogP contribution in [0.2, 0.25) is 0 Å². The number of carbonyl (C=O) groups is 1. The van der Waals surface area contributed by atoms with E-state index in [2.05, 4.69) is 4.99 Å². The molecule has 1 N–H and O–H groups in total. The molecule has 0 saturated carbocycles. The van der Waals surface area contributed by atoms with Crippen LogP contribution in [0.3, 0.4) is 0 Å². The molecule has 0 unspecified atom stereocenters. The van der Waals surface area contributed by atoms with E-state index in [0.717, 1.165) is 11.1 Å². The summed E-state index contributed by atoms with van der Waals surface area (Å²) in [5, 5.41) is 11.4. The van der Waals surface area contributed by atoms with Gasteiger partial charge in [0, 0.05) is 25.9 Å². The highest BCUT2D eigenvalue weighted by atomic mass is 16.3. The van der Waals surface area contributed by atoms with Crippen molar-refractivity contribution in [3.05, 3.63) is 59.3 Å². The van der Waals surface area contributed by atoms with Gasteiger partial charge in [-0.3, -0.25) is 4.79 Å². The lowest BCUT2D eigenvalue weighted by Gasteiger charge is -2.34. The van der Waals surface area contributed by atoms with Gasteiger partial charge in [-0.2, -0.15) is 0 Å². The molecule has 0 fully saturated rings. The molecular weight excluding hydrogens is 302 g/mol. The number of amidine groups is 1. The van der Waals surface area contributed by atoms with E-state index in [4.69, 9.17) is 0 Å². The molecule has 3 rings (SSSR count). The van der Waals surface area contributed by atoms with Crippen LogP contribution in [0.1, 0.15) is 24.5 Å². The van der Waals surface area contributed by atoms with Crippen LogP contribution >= 0.6 is 0 Å². The van der Waals surface area contributed by atoms with E-state index < -0.39 is 11.8 Å². The summed E-state index contributed by atoms with van der Waals surface area (Å²) in [6.45, 7) is 3.99. The molecule has 0 aliphatic carbocycles. The molecule has 0 saturated heterocycles. The van der Waals surface area contributed by atoms with Crippen LogP contribution in [-0.4, -0.2) is 46.8 Å². The number of hydrogen-bond acceptors (Lipinski definition) is 4. The third-order valence-corrected chi connectivity index (χ3v) is 4.53. The molecule has 5 heteroatoms. The van der Waals surface area contributed by atoms with Crippen molar-refractivity contribution in [2.45, 2.75) is 32.0 Å². The minimum atomic E-state index is -1.44. The Labute approximate surface area is 142 Å². The maximum atomic E-state index is 12.3. The number of nitrogens with zero attached hydrogens (tertiary/aromatic N) is 3. The third-order valence-electron chi connectivity index (χ3n) is 4.53. The second-order valence-corrected chi connectivity index (χ2v) is 6.68. The van der Waals surface area contributed by atoms with Crippen molar-refractivity contribution in [2.75, 3.05) is 14.1 Å². The fourth-order valence-corrected chi connectivity index (χ4v) is 3.05. The van der Waals surface area contributed by atoms with Crippen molar-refractivity contribution < 1.29 is 9.90 Å². The van der Waals surface area contributed by atoms with Crippen molar-refractivity contribution in [2.24, 2.45) is 4.99 Å². The van der Waals surface area contributed by atoms with E-state index in [9.17, 15) is 9.90 Å². The smallest absolute Gasteiger partial charge is 0.224 e. The van der Waals surface area contributed by atoms with Gasteiger partial charge in [-0.25, -0.2) is 4.99 Å². The predicted molar refractivity (Wildman–Crippen MR) is 94.3 cm³/mol. The maximum Gasteiger partial charge on any atom is 0.224 e. The van der Waals surface area contributed by atoms with Gasteiger partial charge in [-0.05, 0) is 25.5 Å². The first-order valence-corrected chi connectivity index (χ1v) is 8.05. The van der Waals surface area contributed by atoms with E-state index in [-0.39, 0.29) is 12.3 Å². The van der Waals surface area contributed by atoms with E-state index in [1.165, 1.54) is 0 Å². The van der Waals surface area contributed by atoms with Crippen LogP contribution in [0.4, 0.5) is 0 Å². The molecule has 126 valence electrons. The number of aryl methyl sites for hydroxylation is 1. The third kappa shape index (κ3) is 2.76. The quantitative estimate of drug-likeness (QED) is 0.927. The Kier molecular flexibility index (Phi) is 4.05. The number of aliphatic hydroxyl groups is 1. The standard InChI is InChI=1S/C19H23N3O2/c1-13-5-8-15(9-6-13)19(24)16(11-18(23)21(3)4)22-12-14(2)7-10-17(22)20-19/h5-10,12,16,24H,11H2,1-4H3/t16-,19-/m1/s1. The predicted octanol–water partition coefficient (Wildman–Crippen LogP) is 2.17. The summed E-state index contributed by atoms with van der Waals surface area (Å²) in [5.74, 6) is 0.642. The number of allylic oxidation sites excluding steroid dienone is 2. The molecule has 1 aromatic carbocycles. The highest BCUT2D eigenvalue weighted by Gasteiger charge is 2.49. The van der Waals surface area contributed by atoms with Crippen LogP contribution in [0, 0.1) is 6.92 Å². The Hall–Kier alpha value is -2.40. The van der Waals surface area contributed by atoms with Crippen LogP contribution in [-0.2, 0) is 10.5 Å². The zero-order valence-corrected chi connectivity index (χ0v) is 14.5. The SMILES string of the molecule is CC1=CN2C(=N[C@@](O)(c3ccc(C)cc3)[C@H]2CC(=O)N(C)C)C=C1. The van der Waals surface area contributed by atoms with Gasteiger partial charge in [0.2, 0.25) is 11.6 Å². The minimum Gasteiger partial charge on any atom is -0.364 e. The second kappa shape index (κ2) is 5.91. The van der Waals surface area contributed by atoms with Gasteiger partial charge in [-0.15, -0.1) is 0 Å². The highest BCUT2D eigenvalue weighted by Crippen LogP contribution is 2.39. The zero-order chi connectivity index (χ0) is 17.5. The Morgan fingerprint density at radius 3 is 2.54 bits per heavy atom. The molecule has 0 bridgehead atoms. The van der Waals surface area contributed by atoms with Crippen molar-refractivity contribution in [1.29, 1.82) is 0 Å². The lowest BCUT2D eigenvalue weighted by Crippen LogP contribution is -2.46. The number of hydrogen-bond donors (Lipinski definition) is 1. The molecule has 1 amide bonds. The molecule has 0 radical (unpaired) electrons. The number of amides is 1. The normalized spacial score (nSPS) is 25.2. The van der Waals surface area contributed by atoms with E-state index >= 15 is 0 Å². The fraction of sp³-hybridized carbons (Fsp3) is 0.368. The summed E-state index contributed by atoms with van der Waals surface area (Å²) in [6, 6.07) is 7.19. The largest absolute Gasteiger partial charge is 0.364 e. The molecule has 2 aliphatic heterocycles. The van der Waals surface area contributed by atoms with Crippen LogP contribution in [0.5, 0.6) is 0 Å². The van der Waals surface area contributed by atoms with Crippen molar-refractivity contribution >= 4 is 11.7 Å². The fourth-order valence-electron chi connectivity index (χ4n) is 3.05. The van der Waals surface area contributed by atoms with Crippen molar-refractivity contribution in [3.63, 3.8) is 0 Å². The van der Waals surface area contributed by atoms with Crippen LogP contribution < -0.4 is 0 Å². The lowest BCUT2D eigenvalue weighted by atomic mass is 9.92. The summed E-state index contributed by atoms with van der Waals surface area (Å²) in [7, 11) is 3.45. The van der Waals surface area contributed by atoms with Gasteiger partial charge < -0.3 is 14.9 Å². The van der Waals surface area contributed by atoms with Crippen molar-refractivity contribution in [1.82, 2.24) is 9.80 Å². The Balaban J connectivity index is 2.04. The first kappa shape index (κ1) is 16.5. The van der Waals surface area contributed by atoms with E-state index in [0.29, 0.717) is 11.4 Å². The van der Waals surface area contributed by atoms with Crippen LogP contribution in [0.15, 0.2) is 53.2 Å². The number of aliphatic imine (C=N–C) groups is 1. The molecule has 5 nitrogen and oxygen atoms in total. The zero-order valence-electron chi connectivity index (χ0n) is 14.5. The minimum absolute atomic E-state index is 0.0393. The van der Waals surface area contributed by atoms with E-state index in [1.807, 2.05) is 61.4 Å². The Morgan fingerprint density at radius 2 is 1.92 bits per heavy atom. The molecule has 2 aliphatic rings. The number of carbonyl (C=O) groups excluding carboxylic acids is 1. The molecular formula is C19H23N3O2. The molecule has 1 aromatic rings. The molecule has 0 aromatic heterocycles. The summed E-state index contributed by atoms with van der Waals surface area (Å²) >= 11 is 0.